The van der Waals surface area contributed by atoms with Gasteiger partial charge in [0.05, 0.1) is 11.3 Å². The zero-order valence-electron chi connectivity index (χ0n) is 15.9. The summed E-state index contributed by atoms with van der Waals surface area (Å²) in [4.78, 5) is 26.4. The van der Waals surface area contributed by atoms with E-state index >= 15 is 0 Å². The average molecular weight is 376 g/mol. The van der Waals surface area contributed by atoms with Crippen molar-refractivity contribution in [3.05, 3.63) is 59.7 Å². The van der Waals surface area contributed by atoms with E-state index in [1.165, 1.54) is 0 Å². The summed E-state index contributed by atoms with van der Waals surface area (Å²) in [6, 6.07) is 16.3. The van der Waals surface area contributed by atoms with Gasteiger partial charge in [-0.15, -0.1) is 0 Å². The number of para-hydroxylation sites is 1. The first-order valence-electron chi connectivity index (χ1n) is 9.50. The van der Waals surface area contributed by atoms with Crippen molar-refractivity contribution in [1.82, 2.24) is 4.90 Å². The Morgan fingerprint density at radius 3 is 2.82 bits per heavy atom. The molecule has 2 amide bonds. The van der Waals surface area contributed by atoms with E-state index in [-0.39, 0.29) is 11.8 Å². The molecule has 28 heavy (non-hydrogen) atoms. The second kappa shape index (κ2) is 9.05. The molecule has 0 radical (unpaired) electrons. The molecule has 2 aromatic rings. The van der Waals surface area contributed by atoms with Crippen LogP contribution in [-0.2, 0) is 16.1 Å². The molecule has 6 heteroatoms. The summed E-state index contributed by atoms with van der Waals surface area (Å²) in [6.45, 7) is 3.16. The van der Waals surface area contributed by atoms with Crippen LogP contribution >= 0.6 is 0 Å². The molecular formula is C22H24N4O2. The summed E-state index contributed by atoms with van der Waals surface area (Å²) in [6.07, 6.45) is 2.64. The minimum Gasteiger partial charge on any atom is -0.374 e. The molecule has 0 aromatic heterocycles. The quantitative estimate of drug-likeness (QED) is 0.808. The van der Waals surface area contributed by atoms with E-state index in [9.17, 15) is 9.59 Å². The third-order valence-electron chi connectivity index (χ3n) is 4.80. The summed E-state index contributed by atoms with van der Waals surface area (Å²) in [5.41, 5.74) is 2.78. The molecule has 1 unspecified atom stereocenters. The molecule has 1 heterocycles. The Morgan fingerprint density at radius 1 is 1.21 bits per heavy atom. The molecule has 1 saturated heterocycles. The number of benzene rings is 2. The van der Waals surface area contributed by atoms with Crippen LogP contribution < -0.4 is 10.6 Å². The molecule has 0 saturated carbocycles. The summed E-state index contributed by atoms with van der Waals surface area (Å²) in [5, 5.41) is 15.1. The van der Waals surface area contributed by atoms with E-state index in [2.05, 4.69) is 16.7 Å². The van der Waals surface area contributed by atoms with Gasteiger partial charge in [-0.2, -0.15) is 5.26 Å². The van der Waals surface area contributed by atoms with Crippen molar-refractivity contribution in [3.8, 4) is 6.07 Å². The zero-order valence-corrected chi connectivity index (χ0v) is 15.9. The van der Waals surface area contributed by atoms with Crippen LogP contribution in [0, 0.1) is 11.3 Å². The molecule has 6 nitrogen and oxygen atoms in total. The molecule has 2 N–H and O–H groups in total. The Balaban J connectivity index is 1.62. The van der Waals surface area contributed by atoms with Gasteiger partial charge in [0, 0.05) is 25.2 Å². The number of likely N-dealkylation sites (tertiary alicyclic amines) is 1. The van der Waals surface area contributed by atoms with Gasteiger partial charge in [0.2, 0.25) is 11.8 Å². The number of piperidine rings is 1. The number of nitrogens with zero attached hydrogens (tertiary/aromatic N) is 2. The van der Waals surface area contributed by atoms with Gasteiger partial charge in [0.25, 0.3) is 0 Å². The zero-order chi connectivity index (χ0) is 19.9. The van der Waals surface area contributed by atoms with Crippen LogP contribution in [0.5, 0.6) is 0 Å². The van der Waals surface area contributed by atoms with Crippen molar-refractivity contribution in [3.63, 3.8) is 0 Å². The maximum Gasteiger partial charge on any atom is 0.246 e. The first-order valence-corrected chi connectivity index (χ1v) is 9.50. The standard InChI is InChI=1S/C22H24N4O2/c1-16(22(28)25-20-10-3-2-8-18(20)14-23)24-19-9-6-7-17(13-19)15-26-12-5-4-11-21(26)27/h2-3,6-10,13,16,24H,4-5,11-12,15H2,1H3,(H,25,28). The van der Waals surface area contributed by atoms with Crippen LogP contribution in [0.15, 0.2) is 48.5 Å². The van der Waals surface area contributed by atoms with Gasteiger partial charge in [0.1, 0.15) is 12.1 Å². The van der Waals surface area contributed by atoms with Gasteiger partial charge in [-0.3, -0.25) is 9.59 Å². The van der Waals surface area contributed by atoms with E-state index in [0.29, 0.717) is 24.2 Å². The lowest BCUT2D eigenvalue weighted by atomic mass is 10.1. The SMILES string of the molecule is CC(Nc1cccc(CN2CCCCC2=O)c1)C(=O)Nc1ccccc1C#N. The second-order valence-electron chi connectivity index (χ2n) is 6.99. The molecule has 0 aliphatic carbocycles. The predicted molar refractivity (Wildman–Crippen MR) is 109 cm³/mol. The van der Waals surface area contributed by atoms with Crippen molar-refractivity contribution in [2.24, 2.45) is 0 Å². The Morgan fingerprint density at radius 2 is 2.04 bits per heavy atom. The van der Waals surface area contributed by atoms with E-state index in [1.807, 2.05) is 29.2 Å². The molecule has 1 atom stereocenters. The Hall–Kier alpha value is -3.33. The lowest BCUT2D eigenvalue weighted by molar-refractivity contribution is -0.133. The van der Waals surface area contributed by atoms with Crippen LogP contribution in [0.1, 0.15) is 37.3 Å². The molecule has 1 fully saturated rings. The topological polar surface area (TPSA) is 85.2 Å². The molecule has 0 spiro atoms. The van der Waals surface area contributed by atoms with Gasteiger partial charge in [-0.1, -0.05) is 24.3 Å². The van der Waals surface area contributed by atoms with Crippen LogP contribution in [0.4, 0.5) is 11.4 Å². The van der Waals surface area contributed by atoms with Gasteiger partial charge in [0.15, 0.2) is 0 Å². The molecule has 2 aromatic carbocycles. The number of carbonyl (C=O) groups is 2. The largest absolute Gasteiger partial charge is 0.374 e. The average Bonchev–Trinajstić information content (AvgIpc) is 2.70. The Labute approximate surface area is 165 Å². The summed E-state index contributed by atoms with van der Waals surface area (Å²) < 4.78 is 0. The number of hydrogen-bond acceptors (Lipinski definition) is 4. The number of nitrogens with one attached hydrogen (secondary N) is 2. The molecule has 0 bridgehead atoms. The minimum absolute atomic E-state index is 0.202. The highest BCUT2D eigenvalue weighted by Crippen LogP contribution is 2.18. The highest BCUT2D eigenvalue weighted by Gasteiger charge is 2.18. The number of rotatable bonds is 6. The maximum atomic E-state index is 12.5. The lowest BCUT2D eigenvalue weighted by Crippen LogP contribution is -2.34. The molecular weight excluding hydrogens is 352 g/mol. The minimum atomic E-state index is -0.487. The number of anilines is 2. The Bertz CT molecular complexity index is 903. The van der Waals surface area contributed by atoms with Gasteiger partial charge in [-0.25, -0.2) is 0 Å². The number of carbonyl (C=O) groups excluding carboxylic acids is 2. The third-order valence-corrected chi connectivity index (χ3v) is 4.80. The van der Waals surface area contributed by atoms with Crippen LogP contribution in [0.3, 0.4) is 0 Å². The second-order valence-corrected chi connectivity index (χ2v) is 6.99. The third kappa shape index (κ3) is 4.89. The maximum absolute atomic E-state index is 12.5. The lowest BCUT2D eigenvalue weighted by Gasteiger charge is -2.27. The number of hydrogen-bond donors (Lipinski definition) is 2. The molecule has 3 rings (SSSR count). The van der Waals surface area contributed by atoms with Crippen molar-refractivity contribution in [2.45, 2.75) is 38.8 Å². The predicted octanol–water partition coefficient (Wildman–Crippen LogP) is 3.51. The molecule has 1 aliphatic rings. The summed E-state index contributed by atoms with van der Waals surface area (Å²) >= 11 is 0. The normalized spacial score (nSPS) is 14.9. The summed E-state index contributed by atoms with van der Waals surface area (Å²) in [5.74, 6) is -0.0205. The summed E-state index contributed by atoms with van der Waals surface area (Å²) in [7, 11) is 0. The monoisotopic (exact) mass is 376 g/mol. The highest BCUT2D eigenvalue weighted by atomic mass is 16.2. The fourth-order valence-corrected chi connectivity index (χ4v) is 3.25. The first kappa shape index (κ1) is 19.4. The van der Waals surface area contributed by atoms with Crippen LogP contribution in [-0.4, -0.2) is 29.3 Å². The van der Waals surface area contributed by atoms with E-state index in [1.54, 1.807) is 31.2 Å². The molecule has 144 valence electrons. The number of amides is 2. The van der Waals surface area contributed by atoms with E-state index < -0.39 is 6.04 Å². The van der Waals surface area contributed by atoms with Gasteiger partial charge >= 0.3 is 0 Å². The van der Waals surface area contributed by atoms with Gasteiger partial charge in [-0.05, 0) is 49.6 Å². The van der Waals surface area contributed by atoms with Crippen LogP contribution in [0.25, 0.3) is 0 Å². The van der Waals surface area contributed by atoms with Crippen LogP contribution in [0.2, 0.25) is 0 Å². The molecule has 1 aliphatic heterocycles. The first-order chi connectivity index (χ1) is 13.6. The highest BCUT2D eigenvalue weighted by molar-refractivity contribution is 5.97. The van der Waals surface area contributed by atoms with Crippen molar-refractivity contribution in [1.29, 1.82) is 5.26 Å². The fourth-order valence-electron chi connectivity index (χ4n) is 3.25. The smallest absolute Gasteiger partial charge is 0.246 e. The van der Waals surface area contributed by atoms with Crippen molar-refractivity contribution >= 4 is 23.2 Å². The fraction of sp³-hybridized carbons (Fsp3) is 0.318. The van der Waals surface area contributed by atoms with Gasteiger partial charge < -0.3 is 15.5 Å². The number of nitriles is 1. The van der Waals surface area contributed by atoms with E-state index in [4.69, 9.17) is 5.26 Å². The van der Waals surface area contributed by atoms with E-state index in [0.717, 1.165) is 30.6 Å². The van der Waals surface area contributed by atoms with Crippen molar-refractivity contribution in [2.75, 3.05) is 17.2 Å². The Kier molecular flexibility index (Phi) is 6.28. The van der Waals surface area contributed by atoms with Crippen molar-refractivity contribution < 1.29 is 9.59 Å².